The zero-order valence-electron chi connectivity index (χ0n) is 6.65. The van der Waals surface area contributed by atoms with Gasteiger partial charge in [-0.05, 0) is 0 Å². The third-order valence-corrected chi connectivity index (χ3v) is 1.65. The Bertz CT molecular complexity index is 433. The molecule has 0 aliphatic rings. The van der Waals surface area contributed by atoms with Gasteiger partial charge in [0.1, 0.15) is 0 Å². The average Bonchev–Trinajstić information content (AvgIpc) is 2.47. The molecule has 0 bridgehead atoms. The predicted octanol–water partition coefficient (Wildman–Crippen LogP) is 1.93. The largest absolute Gasteiger partial charge is 0.522 e. The molecule has 0 unspecified atom stereocenters. The molecule has 1 radical (unpaired) electrons. The maximum atomic E-state index is 10.6. The normalized spacial score (nSPS) is 9.54. The number of fused-ring (bicyclic) bond motifs is 1. The van der Waals surface area contributed by atoms with Gasteiger partial charge in [-0.15, -0.1) is 6.07 Å². The molecule has 2 rings (SSSR count). The first-order valence-corrected chi connectivity index (χ1v) is 3.39. The minimum Gasteiger partial charge on any atom is -0.522 e. The summed E-state index contributed by atoms with van der Waals surface area (Å²) >= 11 is 0. The van der Waals surface area contributed by atoms with Crippen molar-refractivity contribution in [2.45, 2.75) is 0 Å². The van der Waals surface area contributed by atoms with Crippen molar-refractivity contribution in [1.82, 2.24) is 0 Å². The van der Waals surface area contributed by atoms with Crippen LogP contribution < -0.4 is 0 Å². The summed E-state index contributed by atoms with van der Waals surface area (Å²) < 4.78 is 5.00. The monoisotopic (exact) mass is 250 g/mol. The summed E-state index contributed by atoms with van der Waals surface area (Å²) in [4.78, 5) is 10.6. The molecule has 1 heterocycles. The van der Waals surface area contributed by atoms with E-state index in [0.29, 0.717) is 11.0 Å². The van der Waals surface area contributed by atoms with Crippen molar-refractivity contribution < 1.29 is 47.0 Å². The molecule has 1 N–H and O–H groups in total. The molecule has 0 aliphatic carbocycles. The maximum Gasteiger partial charge on any atom is 0.337 e. The Morgan fingerprint density at radius 2 is 2.31 bits per heavy atom. The minimum atomic E-state index is -0.972. The summed E-state index contributed by atoms with van der Waals surface area (Å²) in [7, 11) is 0. The third-order valence-electron chi connectivity index (χ3n) is 1.65. The third kappa shape index (κ3) is 1.81. The van der Waals surface area contributed by atoms with Gasteiger partial charge in [0.25, 0.3) is 0 Å². The molecule has 0 atom stereocenters. The quantitative estimate of drug-likeness (QED) is 0.786. The second-order valence-electron chi connectivity index (χ2n) is 2.38. The average molecular weight is 250 g/mol. The van der Waals surface area contributed by atoms with E-state index in [1.165, 1.54) is 6.26 Å². The minimum absolute atomic E-state index is 0. The predicted molar refractivity (Wildman–Crippen MR) is 42.0 cm³/mol. The first kappa shape index (κ1) is 10.4. The van der Waals surface area contributed by atoms with E-state index in [1.54, 1.807) is 18.2 Å². The van der Waals surface area contributed by atoms with Crippen molar-refractivity contribution >= 4 is 16.9 Å². The number of carbonyl (C=O) groups is 1. The zero-order chi connectivity index (χ0) is 8.55. The number of hydrogen-bond donors (Lipinski definition) is 1. The molecule has 63 valence electrons. The SMILES string of the molecule is O=C(O)c1coc2c[c-]ccc12.[Y]. The Hall–Kier alpha value is -0.666. The topological polar surface area (TPSA) is 50.4 Å². The fourth-order valence-electron chi connectivity index (χ4n) is 1.09. The molecule has 13 heavy (non-hydrogen) atoms. The van der Waals surface area contributed by atoms with Crippen molar-refractivity contribution in [3.63, 3.8) is 0 Å². The summed E-state index contributed by atoms with van der Waals surface area (Å²) in [6, 6.07) is 7.74. The molecule has 0 amide bonds. The van der Waals surface area contributed by atoms with Gasteiger partial charge in [0.15, 0.2) is 0 Å². The Morgan fingerprint density at radius 3 is 3.00 bits per heavy atom. The van der Waals surface area contributed by atoms with Crippen molar-refractivity contribution in [3.05, 3.63) is 36.1 Å². The van der Waals surface area contributed by atoms with Gasteiger partial charge in [-0.2, -0.15) is 18.2 Å². The van der Waals surface area contributed by atoms with E-state index < -0.39 is 5.97 Å². The van der Waals surface area contributed by atoms with E-state index >= 15 is 0 Å². The summed E-state index contributed by atoms with van der Waals surface area (Å²) in [5.74, 6) is -0.972. The first-order valence-electron chi connectivity index (χ1n) is 3.39. The molecule has 4 heteroatoms. The van der Waals surface area contributed by atoms with Gasteiger partial charge in [0.05, 0.1) is 11.8 Å². The summed E-state index contributed by atoms with van der Waals surface area (Å²) in [5, 5.41) is 9.31. The molecule has 0 spiro atoms. The molecule has 0 saturated carbocycles. The molecule has 0 fully saturated rings. The van der Waals surface area contributed by atoms with Gasteiger partial charge >= 0.3 is 5.97 Å². The zero-order valence-corrected chi connectivity index (χ0v) is 9.49. The fraction of sp³-hybridized carbons (Fsp3) is 0. The second-order valence-corrected chi connectivity index (χ2v) is 2.38. The first-order chi connectivity index (χ1) is 5.79. The number of benzene rings is 1. The van der Waals surface area contributed by atoms with Gasteiger partial charge in [0.2, 0.25) is 0 Å². The molecule has 3 nitrogen and oxygen atoms in total. The van der Waals surface area contributed by atoms with E-state index in [-0.39, 0.29) is 38.3 Å². The summed E-state index contributed by atoms with van der Waals surface area (Å²) in [6.45, 7) is 0. The molecule has 1 aromatic heterocycles. The van der Waals surface area contributed by atoms with Crippen LogP contribution in [0.25, 0.3) is 11.0 Å². The van der Waals surface area contributed by atoms with E-state index in [0.717, 1.165) is 0 Å². The number of carboxylic acid groups (broad SMARTS) is 1. The molecular formula is C9H5O3Y-. The van der Waals surface area contributed by atoms with Crippen LogP contribution in [-0.4, -0.2) is 11.1 Å². The van der Waals surface area contributed by atoms with Gasteiger partial charge in [-0.1, -0.05) is 5.39 Å². The number of carboxylic acids is 1. The van der Waals surface area contributed by atoms with Gasteiger partial charge in [0, 0.05) is 38.3 Å². The Kier molecular flexibility index (Phi) is 3.23. The fourth-order valence-corrected chi connectivity index (χ4v) is 1.09. The summed E-state index contributed by atoms with van der Waals surface area (Å²) in [6.07, 6.45) is 1.24. The Balaban J connectivity index is 0.000000845. The smallest absolute Gasteiger partial charge is 0.337 e. The molecule has 2 aromatic rings. The van der Waals surface area contributed by atoms with E-state index in [9.17, 15) is 4.79 Å². The van der Waals surface area contributed by atoms with Gasteiger partial charge < -0.3 is 9.52 Å². The number of rotatable bonds is 1. The van der Waals surface area contributed by atoms with Crippen LogP contribution in [0.15, 0.2) is 28.9 Å². The number of aromatic carboxylic acids is 1. The van der Waals surface area contributed by atoms with Crippen LogP contribution in [0.1, 0.15) is 10.4 Å². The number of furan rings is 1. The Morgan fingerprint density at radius 1 is 1.54 bits per heavy atom. The van der Waals surface area contributed by atoms with Gasteiger partial charge in [-0.3, -0.25) is 0 Å². The van der Waals surface area contributed by atoms with Crippen molar-refractivity contribution in [1.29, 1.82) is 0 Å². The van der Waals surface area contributed by atoms with Crippen LogP contribution in [0.4, 0.5) is 0 Å². The van der Waals surface area contributed by atoms with Crippen molar-refractivity contribution in [3.8, 4) is 0 Å². The maximum absolute atomic E-state index is 10.6. The van der Waals surface area contributed by atoms with E-state index in [1.807, 2.05) is 0 Å². The van der Waals surface area contributed by atoms with E-state index in [4.69, 9.17) is 9.52 Å². The molecule has 0 saturated heterocycles. The standard InChI is InChI=1S/C9H5O3.Y/c10-9(11)7-5-12-8-4-2-1-3-6(7)8;/h1,3-5H,(H,10,11);/q-1;. The molecular weight excluding hydrogens is 245 g/mol. The van der Waals surface area contributed by atoms with Gasteiger partial charge in [-0.25, -0.2) is 4.79 Å². The summed E-state index contributed by atoms with van der Waals surface area (Å²) in [5.41, 5.74) is 0.744. The Labute approximate surface area is 99.6 Å². The molecule has 0 aliphatic heterocycles. The van der Waals surface area contributed by atoms with E-state index in [2.05, 4.69) is 6.07 Å². The van der Waals surface area contributed by atoms with Crippen LogP contribution in [0.3, 0.4) is 0 Å². The van der Waals surface area contributed by atoms with Crippen LogP contribution >= 0.6 is 0 Å². The van der Waals surface area contributed by atoms with Crippen LogP contribution in [0.5, 0.6) is 0 Å². The second kappa shape index (κ2) is 4.03. The van der Waals surface area contributed by atoms with Crippen LogP contribution in [0, 0.1) is 6.07 Å². The van der Waals surface area contributed by atoms with Crippen molar-refractivity contribution in [2.24, 2.45) is 0 Å². The van der Waals surface area contributed by atoms with Crippen molar-refractivity contribution in [2.75, 3.05) is 0 Å². The van der Waals surface area contributed by atoms with Crippen LogP contribution in [0.2, 0.25) is 0 Å². The molecule has 1 aromatic carbocycles. The van der Waals surface area contributed by atoms with Crippen LogP contribution in [-0.2, 0) is 32.7 Å². The number of hydrogen-bond acceptors (Lipinski definition) is 2.